The third kappa shape index (κ3) is 1.96. The summed E-state index contributed by atoms with van der Waals surface area (Å²) in [6.45, 7) is 0. The largest absolute Gasteiger partial charge is 0.460 e. The van der Waals surface area contributed by atoms with Crippen molar-refractivity contribution in [3.63, 3.8) is 0 Å². The molecule has 0 spiro atoms. The predicted octanol–water partition coefficient (Wildman–Crippen LogP) is 3.57. The number of rotatable bonds is 3. The van der Waals surface area contributed by atoms with Crippen LogP contribution in [0.15, 0.2) is 21.2 Å². The van der Waals surface area contributed by atoms with Crippen LogP contribution in [0.2, 0.25) is 0 Å². The molecule has 2 rings (SSSR count). The van der Waals surface area contributed by atoms with Crippen molar-refractivity contribution in [3.05, 3.63) is 22.6 Å². The Morgan fingerprint density at radius 3 is 2.62 bits per heavy atom. The van der Waals surface area contributed by atoms with E-state index in [2.05, 4.69) is 15.9 Å². The van der Waals surface area contributed by atoms with Crippen molar-refractivity contribution in [2.75, 3.05) is 7.11 Å². The van der Waals surface area contributed by atoms with E-state index < -0.39 is 5.60 Å². The van der Waals surface area contributed by atoms with E-state index in [4.69, 9.17) is 9.15 Å². The van der Waals surface area contributed by atoms with Crippen LogP contribution in [0.5, 0.6) is 0 Å². The number of carbonyl (C=O) groups is 1. The molecule has 1 aliphatic rings. The number of methoxy groups -OCH3 is 1. The normalized spacial score (nSPS) is 19.6. The van der Waals surface area contributed by atoms with E-state index in [1.54, 1.807) is 13.2 Å². The first-order valence-electron chi connectivity index (χ1n) is 5.52. The van der Waals surface area contributed by atoms with E-state index in [-0.39, 0.29) is 5.78 Å². The van der Waals surface area contributed by atoms with Crippen molar-refractivity contribution >= 4 is 21.7 Å². The lowest BCUT2D eigenvalue weighted by Crippen LogP contribution is -2.42. The molecule has 0 aliphatic heterocycles. The molecule has 1 fully saturated rings. The molecule has 1 aromatic heterocycles. The average Bonchev–Trinajstić information content (AvgIpc) is 2.75. The second-order valence-electron chi connectivity index (χ2n) is 4.19. The van der Waals surface area contributed by atoms with Crippen LogP contribution in [0.3, 0.4) is 0 Å². The van der Waals surface area contributed by atoms with Crippen molar-refractivity contribution < 1.29 is 13.9 Å². The van der Waals surface area contributed by atoms with Crippen molar-refractivity contribution in [2.24, 2.45) is 0 Å². The monoisotopic (exact) mass is 286 g/mol. The second-order valence-corrected chi connectivity index (χ2v) is 5.04. The third-order valence-electron chi connectivity index (χ3n) is 3.29. The Morgan fingerprint density at radius 1 is 1.44 bits per heavy atom. The molecular weight excluding hydrogens is 272 g/mol. The standard InChI is InChI=1S/C12H15BrO3/c1-15-12(6-3-2-4-7-12)11(14)10-9(13)5-8-16-10/h5,8H,2-4,6-7H2,1H3. The van der Waals surface area contributed by atoms with Crippen LogP contribution in [-0.4, -0.2) is 18.5 Å². The molecule has 16 heavy (non-hydrogen) atoms. The summed E-state index contributed by atoms with van der Waals surface area (Å²) in [5.74, 6) is 0.343. The molecule has 0 saturated heterocycles. The molecule has 88 valence electrons. The van der Waals surface area contributed by atoms with E-state index in [0.29, 0.717) is 10.2 Å². The lowest BCUT2D eigenvalue weighted by molar-refractivity contribution is -0.0212. The van der Waals surface area contributed by atoms with Crippen LogP contribution in [0, 0.1) is 0 Å². The number of halogens is 1. The summed E-state index contributed by atoms with van der Waals surface area (Å²) < 4.78 is 11.4. The molecule has 1 heterocycles. The highest BCUT2D eigenvalue weighted by Crippen LogP contribution is 2.35. The molecule has 1 aromatic rings. The maximum Gasteiger partial charge on any atom is 0.230 e. The predicted molar refractivity (Wildman–Crippen MR) is 63.6 cm³/mol. The fraction of sp³-hybridized carbons (Fsp3) is 0.583. The molecule has 3 nitrogen and oxygen atoms in total. The molecule has 0 amide bonds. The Bertz CT molecular complexity index is 377. The van der Waals surface area contributed by atoms with Gasteiger partial charge in [-0.1, -0.05) is 19.3 Å². The summed E-state index contributed by atoms with van der Waals surface area (Å²) >= 11 is 3.32. The summed E-state index contributed by atoms with van der Waals surface area (Å²) in [6.07, 6.45) is 6.35. The van der Waals surface area contributed by atoms with Gasteiger partial charge in [0.2, 0.25) is 5.78 Å². The van der Waals surface area contributed by atoms with Crippen molar-refractivity contribution in [2.45, 2.75) is 37.7 Å². The van der Waals surface area contributed by atoms with Gasteiger partial charge in [-0.3, -0.25) is 4.79 Å². The quantitative estimate of drug-likeness (QED) is 0.798. The number of hydrogen-bond acceptors (Lipinski definition) is 3. The van der Waals surface area contributed by atoms with Gasteiger partial charge >= 0.3 is 0 Å². The van der Waals surface area contributed by atoms with Gasteiger partial charge in [-0.25, -0.2) is 0 Å². The van der Waals surface area contributed by atoms with Crippen LogP contribution >= 0.6 is 15.9 Å². The second kappa shape index (κ2) is 4.72. The minimum atomic E-state index is -0.668. The van der Waals surface area contributed by atoms with Gasteiger partial charge in [-0.05, 0) is 34.8 Å². The number of ether oxygens (including phenoxy) is 1. The summed E-state index contributed by atoms with van der Waals surface area (Å²) in [5.41, 5.74) is -0.668. The minimum Gasteiger partial charge on any atom is -0.460 e. The Hall–Kier alpha value is -0.610. The van der Waals surface area contributed by atoms with Gasteiger partial charge in [0.1, 0.15) is 5.60 Å². The van der Waals surface area contributed by atoms with Gasteiger partial charge < -0.3 is 9.15 Å². The Labute approximate surface area is 103 Å². The summed E-state index contributed by atoms with van der Waals surface area (Å²) in [5, 5.41) is 0. The van der Waals surface area contributed by atoms with Crippen molar-refractivity contribution in [1.29, 1.82) is 0 Å². The first-order chi connectivity index (χ1) is 7.69. The number of ketones is 1. The van der Waals surface area contributed by atoms with Crippen molar-refractivity contribution in [1.82, 2.24) is 0 Å². The molecule has 1 aliphatic carbocycles. The van der Waals surface area contributed by atoms with Crippen LogP contribution in [0.1, 0.15) is 42.7 Å². The third-order valence-corrected chi connectivity index (χ3v) is 3.91. The molecule has 0 bridgehead atoms. The average molecular weight is 287 g/mol. The molecule has 1 saturated carbocycles. The van der Waals surface area contributed by atoms with Gasteiger partial charge in [0.25, 0.3) is 0 Å². The molecule has 0 radical (unpaired) electrons. The van der Waals surface area contributed by atoms with Gasteiger partial charge in [-0.15, -0.1) is 0 Å². The minimum absolute atomic E-state index is 0.0356. The Balaban J connectivity index is 2.28. The zero-order chi connectivity index (χ0) is 11.6. The highest BCUT2D eigenvalue weighted by atomic mass is 79.9. The molecule has 0 atom stereocenters. The number of carbonyl (C=O) groups excluding carboxylic acids is 1. The van der Waals surface area contributed by atoms with Gasteiger partial charge in [0, 0.05) is 7.11 Å². The summed E-state index contributed by atoms with van der Waals surface area (Å²) in [4.78, 5) is 12.4. The number of hydrogen-bond donors (Lipinski definition) is 0. The van der Waals surface area contributed by atoms with Crippen molar-refractivity contribution in [3.8, 4) is 0 Å². The Kier molecular flexibility index (Phi) is 3.50. The fourth-order valence-electron chi connectivity index (χ4n) is 2.31. The highest BCUT2D eigenvalue weighted by Gasteiger charge is 2.42. The summed E-state index contributed by atoms with van der Waals surface area (Å²) in [7, 11) is 1.61. The molecule has 0 unspecified atom stereocenters. The number of furan rings is 1. The van der Waals surface area contributed by atoms with E-state index >= 15 is 0 Å². The molecular formula is C12H15BrO3. The summed E-state index contributed by atoms with van der Waals surface area (Å²) in [6, 6.07) is 1.74. The maximum atomic E-state index is 12.4. The molecule has 0 aromatic carbocycles. The van der Waals surface area contributed by atoms with Crippen LogP contribution in [0.4, 0.5) is 0 Å². The van der Waals surface area contributed by atoms with Crippen LogP contribution < -0.4 is 0 Å². The van der Waals surface area contributed by atoms with Crippen LogP contribution in [-0.2, 0) is 4.74 Å². The van der Waals surface area contributed by atoms with E-state index in [9.17, 15) is 4.79 Å². The van der Waals surface area contributed by atoms with E-state index in [1.165, 1.54) is 12.7 Å². The van der Waals surface area contributed by atoms with Crippen LogP contribution in [0.25, 0.3) is 0 Å². The molecule has 0 N–H and O–H groups in total. The lowest BCUT2D eigenvalue weighted by atomic mass is 9.80. The molecule has 4 heteroatoms. The Morgan fingerprint density at radius 2 is 2.12 bits per heavy atom. The zero-order valence-electron chi connectivity index (χ0n) is 9.29. The maximum absolute atomic E-state index is 12.4. The zero-order valence-corrected chi connectivity index (χ0v) is 10.9. The fourth-order valence-corrected chi connectivity index (χ4v) is 2.69. The van der Waals surface area contributed by atoms with Gasteiger partial charge in [0.15, 0.2) is 5.76 Å². The smallest absolute Gasteiger partial charge is 0.230 e. The number of Topliss-reactive ketones (excluding diaryl/α,β-unsaturated/α-hetero) is 1. The highest BCUT2D eigenvalue weighted by molar-refractivity contribution is 9.10. The SMILES string of the molecule is COC1(C(=O)c2occc2Br)CCCCC1. The first kappa shape index (κ1) is 11.9. The van der Waals surface area contributed by atoms with Gasteiger partial charge in [0.05, 0.1) is 10.7 Å². The topological polar surface area (TPSA) is 39.4 Å². The lowest BCUT2D eigenvalue weighted by Gasteiger charge is -2.33. The van der Waals surface area contributed by atoms with E-state index in [0.717, 1.165) is 25.7 Å². The van der Waals surface area contributed by atoms with E-state index in [1.807, 2.05) is 0 Å². The first-order valence-corrected chi connectivity index (χ1v) is 6.32. The van der Waals surface area contributed by atoms with Gasteiger partial charge in [-0.2, -0.15) is 0 Å².